The summed E-state index contributed by atoms with van der Waals surface area (Å²) >= 11 is 1.48. The Bertz CT molecular complexity index is 465. The molecule has 1 aromatic carbocycles. The zero-order chi connectivity index (χ0) is 10.1. The van der Waals surface area contributed by atoms with Gasteiger partial charge in [0.15, 0.2) is 5.13 Å². The molecule has 0 radical (unpaired) electrons. The van der Waals surface area contributed by atoms with Gasteiger partial charge in [0, 0.05) is 10.9 Å². The highest BCUT2D eigenvalue weighted by Gasteiger charge is 2.05. The second-order valence-electron chi connectivity index (χ2n) is 3.39. The lowest BCUT2D eigenvalue weighted by Crippen LogP contribution is -1.86. The van der Waals surface area contributed by atoms with Gasteiger partial charge in [-0.15, -0.1) is 28.3 Å². The number of nitrogens with zero attached hydrogens (tertiary/aromatic N) is 1. The van der Waals surface area contributed by atoms with Crippen molar-refractivity contribution in [3.63, 3.8) is 0 Å². The van der Waals surface area contributed by atoms with E-state index in [4.69, 9.17) is 5.73 Å². The molecule has 2 aromatic rings. The Labute approximate surface area is 104 Å². The number of nitrogens with two attached hydrogens (primary N) is 1. The number of nitrogen functional groups attached to an aromatic ring is 1. The minimum Gasteiger partial charge on any atom is -0.375 e. The average molecular weight is 285 g/mol. The van der Waals surface area contributed by atoms with E-state index < -0.39 is 0 Å². The van der Waals surface area contributed by atoms with Crippen LogP contribution < -0.4 is 5.73 Å². The Morgan fingerprint density at radius 2 is 2.00 bits per heavy atom. The van der Waals surface area contributed by atoms with Crippen LogP contribution in [0.2, 0.25) is 0 Å². The number of aromatic nitrogens is 1. The zero-order valence-corrected chi connectivity index (χ0v) is 11.2. The summed E-state index contributed by atoms with van der Waals surface area (Å²) in [6, 6.07) is 6.35. The summed E-state index contributed by atoms with van der Waals surface area (Å²) in [5.41, 5.74) is 10.3. The van der Waals surface area contributed by atoms with Crippen LogP contribution in [0.3, 0.4) is 0 Å². The molecule has 4 heteroatoms. The van der Waals surface area contributed by atoms with Gasteiger partial charge in [0.25, 0.3) is 0 Å². The SMILES string of the molecule is Br.Cc1ccc(-c2csc(N)n2)c(C)c1. The van der Waals surface area contributed by atoms with Gasteiger partial charge in [0.05, 0.1) is 5.69 Å². The van der Waals surface area contributed by atoms with E-state index in [-0.39, 0.29) is 17.0 Å². The molecule has 0 aliphatic heterocycles. The van der Waals surface area contributed by atoms with Crippen LogP contribution in [0.15, 0.2) is 23.6 Å². The number of hydrogen-bond acceptors (Lipinski definition) is 3. The molecule has 0 atom stereocenters. The minimum atomic E-state index is 0. The third-order valence-electron chi connectivity index (χ3n) is 2.18. The van der Waals surface area contributed by atoms with Crippen LogP contribution in [0.5, 0.6) is 0 Å². The first kappa shape index (κ1) is 12.2. The molecule has 2 N–H and O–H groups in total. The quantitative estimate of drug-likeness (QED) is 0.869. The Morgan fingerprint density at radius 1 is 1.27 bits per heavy atom. The molecule has 0 fully saturated rings. The predicted octanol–water partition coefficient (Wildman–Crippen LogP) is 3.59. The van der Waals surface area contributed by atoms with Gasteiger partial charge in [0.1, 0.15) is 0 Å². The summed E-state index contributed by atoms with van der Waals surface area (Å²) < 4.78 is 0. The van der Waals surface area contributed by atoms with E-state index in [9.17, 15) is 0 Å². The van der Waals surface area contributed by atoms with Crippen molar-refractivity contribution in [2.45, 2.75) is 13.8 Å². The lowest BCUT2D eigenvalue weighted by molar-refractivity contribution is 1.34. The lowest BCUT2D eigenvalue weighted by atomic mass is 10.0. The standard InChI is InChI=1S/C11H12N2S.BrH/c1-7-3-4-9(8(2)5-7)10-6-14-11(12)13-10;/h3-6H,1-2H3,(H2,12,13);1H. The van der Waals surface area contributed by atoms with Crippen LogP contribution in [0.1, 0.15) is 11.1 Å². The maximum Gasteiger partial charge on any atom is 0.180 e. The van der Waals surface area contributed by atoms with Gasteiger partial charge < -0.3 is 5.73 Å². The van der Waals surface area contributed by atoms with Crippen LogP contribution in [0.4, 0.5) is 5.13 Å². The third-order valence-corrected chi connectivity index (χ3v) is 2.85. The fourth-order valence-electron chi connectivity index (χ4n) is 1.51. The Balaban J connectivity index is 0.00000112. The highest BCUT2D eigenvalue weighted by molar-refractivity contribution is 8.93. The summed E-state index contributed by atoms with van der Waals surface area (Å²) in [6.07, 6.45) is 0. The van der Waals surface area contributed by atoms with Crippen molar-refractivity contribution in [1.82, 2.24) is 4.98 Å². The molecule has 0 saturated heterocycles. The van der Waals surface area contributed by atoms with Gasteiger partial charge >= 0.3 is 0 Å². The van der Waals surface area contributed by atoms with E-state index in [0.717, 1.165) is 5.69 Å². The molecule has 2 rings (SSSR count). The molecular formula is C11H13BrN2S. The number of rotatable bonds is 1. The summed E-state index contributed by atoms with van der Waals surface area (Å²) in [4.78, 5) is 4.27. The van der Waals surface area contributed by atoms with Crippen molar-refractivity contribution in [2.24, 2.45) is 0 Å². The Hall–Kier alpha value is -0.870. The average Bonchev–Trinajstić information content (AvgIpc) is 2.51. The molecule has 1 aromatic heterocycles. The summed E-state index contributed by atoms with van der Waals surface area (Å²) in [7, 11) is 0. The Morgan fingerprint density at radius 3 is 2.53 bits per heavy atom. The van der Waals surface area contributed by atoms with Crippen molar-refractivity contribution >= 4 is 33.4 Å². The summed E-state index contributed by atoms with van der Waals surface area (Å²) in [5, 5.41) is 2.62. The molecule has 1 heterocycles. The van der Waals surface area contributed by atoms with E-state index in [2.05, 4.69) is 37.0 Å². The first-order chi connectivity index (χ1) is 6.66. The lowest BCUT2D eigenvalue weighted by Gasteiger charge is -2.03. The molecule has 0 amide bonds. The van der Waals surface area contributed by atoms with Crippen LogP contribution in [0.25, 0.3) is 11.3 Å². The molecule has 0 aliphatic rings. The third kappa shape index (κ3) is 2.58. The van der Waals surface area contributed by atoms with Crippen molar-refractivity contribution in [3.8, 4) is 11.3 Å². The predicted molar refractivity (Wildman–Crippen MR) is 71.8 cm³/mol. The molecule has 0 unspecified atom stereocenters. The molecular weight excluding hydrogens is 272 g/mol. The van der Waals surface area contributed by atoms with Gasteiger partial charge in [-0.05, 0) is 19.4 Å². The van der Waals surface area contributed by atoms with Gasteiger partial charge in [-0.25, -0.2) is 4.98 Å². The van der Waals surface area contributed by atoms with Crippen molar-refractivity contribution in [3.05, 3.63) is 34.7 Å². The largest absolute Gasteiger partial charge is 0.375 e. The van der Waals surface area contributed by atoms with E-state index >= 15 is 0 Å². The number of thiazole rings is 1. The number of hydrogen-bond donors (Lipinski definition) is 1. The molecule has 2 nitrogen and oxygen atoms in total. The van der Waals surface area contributed by atoms with Crippen LogP contribution in [0, 0.1) is 13.8 Å². The first-order valence-electron chi connectivity index (χ1n) is 4.45. The van der Waals surface area contributed by atoms with Crippen LogP contribution in [-0.2, 0) is 0 Å². The normalized spacial score (nSPS) is 9.73. The van der Waals surface area contributed by atoms with E-state index in [1.165, 1.54) is 28.0 Å². The zero-order valence-electron chi connectivity index (χ0n) is 8.65. The van der Waals surface area contributed by atoms with Crippen LogP contribution in [-0.4, -0.2) is 4.98 Å². The maximum absolute atomic E-state index is 5.60. The van der Waals surface area contributed by atoms with Crippen molar-refractivity contribution < 1.29 is 0 Å². The number of halogens is 1. The summed E-state index contributed by atoms with van der Waals surface area (Å²) in [5.74, 6) is 0. The summed E-state index contributed by atoms with van der Waals surface area (Å²) in [6.45, 7) is 4.18. The van der Waals surface area contributed by atoms with Gasteiger partial charge in [-0.1, -0.05) is 23.8 Å². The number of benzene rings is 1. The maximum atomic E-state index is 5.60. The highest BCUT2D eigenvalue weighted by atomic mass is 79.9. The number of anilines is 1. The van der Waals surface area contributed by atoms with Gasteiger partial charge in [-0.3, -0.25) is 0 Å². The molecule has 0 bridgehead atoms. The fraction of sp³-hybridized carbons (Fsp3) is 0.182. The molecule has 15 heavy (non-hydrogen) atoms. The van der Waals surface area contributed by atoms with E-state index in [1.807, 2.05) is 5.38 Å². The van der Waals surface area contributed by atoms with Crippen molar-refractivity contribution in [1.29, 1.82) is 0 Å². The monoisotopic (exact) mass is 284 g/mol. The fourth-order valence-corrected chi connectivity index (χ4v) is 2.08. The van der Waals surface area contributed by atoms with Crippen LogP contribution >= 0.6 is 28.3 Å². The van der Waals surface area contributed by atoms with Gasteiger partial charge in [-0.2, -0.15) is 0 Å². The molecule has 80 valence electrons. The molecule has 0 spiro atoms. The highest BCUT2D eigenvalue weighted by Crippen LogP contribution is 2.26. The smallest absolute Gasteiger partial charge is 0.180 e. The number of aryl methyl sites for hydroxylation is 2. The second-order valence-corrected chi connectivity index (χ2v) is 4.28. The molecule has 0 saturated carbocycles. The topological polar surface area (TPSA) is 38.9 Å². The van der Waals surface area contributed by atoms with Crippen molar-refractivity contribution in [2.75, 3.05) is 5.73 Å². The second kappa shape index (κ2) is 4.77. The molecule has 0 aliphatic carbocycles. The minimum absolute atomic E-state index is 0. The van der Waals surface area contributed by atoms with E-state index in [1.54, 1.807) is 0 Å². The first-order valence-corrected chi connectivity index (χ1v) is 5.33. The van der Waals surface area contributed by atoms with Gasteiger partial charge in [0.2, 0.25) is 0 Å². The Kier molecular flexibility index (Phi) is 3.88. The van der Waals surface area contributed by atoms with E-state index in [0.29, 0.717) is 5.13 Å².